The van der Waals surface area contributed by atoms with Gasteiger partial charge in [0.25, 0.3) is 0 Å². The molecule has 0 amide bonds. The third-order valence-electron chi connectivity index (χ3n) is 2.75. The van der Waals surface area contributed by atoms with E-state index in [1.807, 2.05) is 0 Å². The molecular formula is C12H10F3N5. The van der Waals surface area contributed by atoms with Crippen LogP contribution in [0.1, 0.15) is 18.2 Å². The first-order chi connectivity index (χ1) is 9.47. The fourth-order valence-corrected chi connectivity index (χ4v) is 1.85. The Kier molecular flexibility index (Phi) is 3.67. The van der Waals surface area contributed by atoms with Crippen molar-refractivity contribution in [3.8, 4) is 5.69 Å². The van der Waals surface area contributed by atoms with E-state index in [2.05, 4.69) is 15.1 Å². The van der Waals surface area contributed by atoms with Crippen molar-refractivity contribution < 1.29 is 13.2 Å². The number of halogens is 3. The van der Waals surface area contributed by atoms with E-state index < -0.39 is 11.9 Å². The summed E-state index contributed by atoms with van der Waals surface area (Å²) < 4.78 is 40.1. The molecule has 1 aromatic carbocycles. The molecule has 0 bridgehead atoms. The zero-order valence-electron chi connectivity index (χ0n) is 10.5. The molecule has 0 aliphatic heterocycles. The number of benzene rings is 1. The van der Waals surface area contributed by atoms with Gasteiger partial charge in [-0.1, -0.05) is 24.2 Å². The van der Waals surface area contributed by atoms with Gasteiger partial charge in [0.15, 0.2) is 5.69 Å². The molecule has 104 valence electrons. The SMILES string of the molecule is CCc1cnn(-c2ccc(N=[N+]=[N-])cc2)c1C(F)(F)F. The minimum atomic E-state index is -4.48. The molecule has 5 nitrogen and oxygen atoms in total. The fraction of sp³-hybridized carbons (Fsp3) is 0.250. The van der Waals surface area contributed by atoms with Crippen LogP contribution in [-0.4, -0.2) is 9.78 Å². The van der Waals surface area contributed by atoms with Crippen molar-refractivity contribution >= 4 is 5.69 Å². The van der Waals surface area contributed by atoms with Crippen LogP contribution in [0, 0.1) is 0 Å². The molecule has 20 heavy (non-hydrogen) atoms. The van der Waals surface area contributed by atoms with Gasteiger partial charge in [-0.3, -0.25) is 0 Å². The van der Waals surface area contributed by atoms with Crippen LogP contribution < -0.4 is 0 Å². The summed E-state index contributed by atoms with van der Waals surface area (Å²) in [4.78, 5) is 2.61. The van der Waals surface area contributed by atoms with Crippen LogP contribution >= 0.6 is 0 Å². The van der Waals surface area contributed by atoms with Gasteiger partial charge in [0, 0.05) is 16.2 Å². The topological polar surface area (TPSA) is 66.6 Å². The van der Waals surface area contributed by atoms with Gasteiger partial charge in [-0.15, -0.1) is 0 Å². The predicted molar refractivity (Wildman–Crippen MR) is 66.8 cm³/mol. The van der Waals surface area contributed by atoms with Gasteiger partial charge in [0.2, 0.25) is 0 Å². The molecule has 2 rings (SSSR count). The Labute approximate surface area is 112 Å². The molecule has 0 N–H and O–H groups in total. The molecule has 1 aromatic heterocycles. The Bertz CT molecular complexity index is 651. The van der Waals surface area contributed by atoms with E-state index in [0.717, 1.165) is 4.68 Å². The van der Waals surface area contributed by atoms with E-state index in [9.17, 15) is 13.2 Å². The van der Waals surface area contributed by atoms with Crippen LogP contribution in [0.2, 0.25) is 0 Å². The van der Waals surface area contributed by atoms with Crippen LogP contribution in [0.15, 0.2) is 35.6 Å². The second-order valence-corrected chi connectivity index (χ2v) is 3.99. The summed E-state index contributed by atoms with van der Waals surface area (Å²) in [7, 11) is 0. The zero-order chi connectivity index (χ0) is 14.8. The average molecular weight is 281 g/mol. The van der Waals surface area contributed by atoms with Crippen molar-refractivity contribution in [3.05, 3.63) is 52.2 Å². The molecule has 0 fully saturated rings. The number of aryl methyl sites for hydroxylation is 1. The zero-order valence-corrected chi connectivity index (χ0v) is 10.5. The molecular weight excluding hydrogens is 271 g/mol. The van der Waals surface area contributed by atoms with Gasteiger partial charge >= 0.3 is 6.18 Å². The van der Waals surface area contributed by atoms with E-state index in [1.165, 1.54) is 30.5 Å². The van der Waals surface area contributed by atoms with Crippen LogP contribution in [-0.2, 0) is 12.6 Å². The summed E-state index contributed by atoms with van der Waals surface area (Å²) >= 11 is 0. The van der Waals surface area contributed by atoms with Crippen molar-refractivity contribution in [2.24, 2.45) is 5.11 Å². The lowest BCUT2D eigenvalue weighted by molar-refractivity contribution is -0.143. The number of alkyl halides is 3. The number of rotatable bonds is 3. The molecule has 0 aliphatic rings. The lowest BCUT2D eigenvalue weighted by Crippen LogP contribution is -2.15. The van der Waals surface area contributed by atoms with Gasteiger partial charge in [0.1, 0.15) is 0 Å². The quantitative estimate of drug-likeness (QED) is 0.467. The highest BCUT2D eigenvalue weighted by molar-refractivity contribution is 5.45. The maximum absolute atomic E-state index is 13.1. The van der Waals surface area contributed by atoms with Crippen molar-refractivity contribution in [3.63, 3.8) is 0 Å². The van der Waals surface area contributed by atoms with E-state index in [0.29, 0.717) is 5.69 Å². The molecule has 0 saturated carbocycles. The largest absolute Gasteiger partial charge is 0.433 e. The van der Waals surface area contributed by atoms with Crippen LogP contribution in [0.25, 0.3) is 16.1 Å². The van der Waals surface area contributed by atoms with Crippen molar-refractivity contribution in [1.29, 1.82) is 0 Å². The molecule has 1 heterocycles. The highest BCUT2D eigenvalue weighted by atomic mass is 19.4. The Morgan fingerprint density at radius 3 is 2.45 bits per heavy atom. The Balaban J connectivity index is 2.52. The normalized spacial score (nSPS) is 11.2. The van der Waals surface area contributed by atoms with E-state index in [-0.39, 0.29) is 17.7 Å². The van der Waals surface area contributed by atoms with Gasteiger partial charge in [0.05, 0.1) is 11.9 Å². The van der Waals surface area contributed by atoms with Gasteiger partial charge < -0.3 is 0 Å². The molecule has 0 spiro atoms. The average Bonchev–Trinajstić information content (AvgIpc) is 2.84. The maximum Gasteiger partial charge on any atom is 0.433 e. The number of hydrogen-bond acceptors (Lipinski definition) is 2. The van der Waals surface area contributed by atoms with Crippen LogP contribution in [0.3, 0.4) is 0 Å². The van der Waals surface area contributed by atoms with Crippen molar-refractivity contribution in [2.75, 3.05) is 0 Å². The molecule has 0 atom stereocenters. The summed E-state index contributed by atoms with van der Waals surface area (Å²) in [6.45, 7) is 1.64. The molecule has 0 aliphatic carbocycles. The number of aromatic nitrogens is 2. The highest BCUT2D eigenvalue weighted by Gasteiger charge is 2.37. The first-order valence-corrected chi connectivity index (χ1v) is 5.77. The van der Waals surface area contributed by atoms with Gasteiger partial charge in [-0.25, -0.2) is 4.68 Å². The van der Waals surface area contributed by atoms with Crippen molar-refractivity contribution in [1.82, 2.24) is 9.78 Å². The van der Waals surface area contributed by atoms with Crippen molar-refractivity contribution in [2.45, 2.75) is 19.5 Å². The van der Waals surface area contributed by atoms with E-state index >= 15 is 0 Å². The van der Waals surface area contributed by atoms with Gasteiger partial charge in [-0.05, 0) is 24.1 Å². The first kappa shape index (κ1) is 14.0. The lowest BCUT2D eigenvalue weighted by Gasteiger charge is -2.12. The van der Waals surface area contributed by atoms with Crippen LogP contribution in [0.5, 0.6) is 0 Å². The summed E-state index contributed by atoms with van der Waals surface area (Å²) in [5, 5.41) is 7.16. The lowest BCUT2D eigenvalue weighted by atomic mass is 10.2. The maximum atomic E-state index is 13.1. The molecule has 0 unspecified atom stereocenters. The summed E-state index contributed by atoms with van der Waals surface area (Å²) in [6, 6.07) is 5.71. The highest BCUT2D eigenvalue weighted by Crippen LogP contribution is 2.34. The third kappa shape index (κ3) is 2.60. The van der Waals surface area contributed by atoms with E-state index in [1.54, 1.807) is 6.92 Å². The number of nitrogens with zero attached hydrogens (tertiary/aromatic N) is 5. The first-order valence-electron chi connectivity index (χ1n) is 5.77. The van der Waals surface area contributed by atoms with E-state index in [4.69, 9.17) is 5.53 Å². The molecule has 0 saturated heterocycles. The summed E-state index contributed by atoms with van der Waals surface area (Å²) in [5.74, 6) is 0. The summed E-state index contributed by atoms with van der Waals surface area (Å²) in [5.41, 5.74) is 8.22. The second kappa shape index (κ2) is 5.26. The minimum Gasteiger partial charge on any atom is -0.228 e. The third-order valence-corrected chi connectivity index (χ3v) is 2.75. The number of azide groups is 1. The number of hydrogen-bond donors (Lipinski definition) is 0. The second-order valence-electron chi connectivity index (χ2n) is 3.99. The predicted octanol–water partition coefficient (Wildman–Crippen LogP) is 4.40. The smallest absolute Gasteiger partial charge is 0.228 e. The monoisotopic (exact) mass is 281 g/mol. The Morgan fingerprint density at radius 2 is 1.95 bits per heavy atom. The Hall–Kier alpha value is -2.47. The van der Waals surface area contributed by atoms with Crippen LogP contribution in [0.4, 0.5) is 18.9 Å². The standard InChI is InChI=1S/C12H10F3N5/c1-2-8-7-17-20(11(8)12(13,14)15)10-5-3-9(4-6-10)18-19-16/h3-7H,2H2,1H3. The fourth-order valence-electron chi connectivity index (χ4n) is 1.85. The molecule has 0 radical (unpaired) electrons. The Morgan fingerprint density at radius 1 is 1.30 bits per heavy atom. The summed E-state index contributed by atoms with van der Waals surface area (Å²) in [6.07, 6.45) is -3.03. The molecule has 2 aromatic rings. The molecule has 8 heteroatoms. The minimum absolute atomic E-state index is 0.136. The van der Waals surface area contributed by atoms with Gasteiger partial charge in [-0.2, -0.15) is 18.3 Å².